The van der Waals surface area contributed by atoms with Gasteiger partial charge in [-0.05, 0) is 49.9 Å². The molecule has 1 spiro atoms. The summed E-state index contributed by atoms with van der Waals surface area (Å²) in [5, 5.41) is 0. The molecule has 3 aliphatic rings. The predicted molar refractivity (Wildman–Crippen MR) is 129 cm³/mol. The van der Waals surface area contributed by atoms with Crippen LogP contribution in [0.4, 0.5) is 5.69 Å². The first-order valence-electron chi connectivity index (χ1n) is 11.9. The van der Waals surface area contributed by atoms with Gasteiger partial charge in [-0.2, -0.15) is 0 Å². The maximum atomic E-state index is 13.7. The van der Waals surface area contributed by atoms with Crippen molar-refractivity contribution in [1.29, 1.82) is 0 Å². The number of nitrogens with zero attached hydrogens (tertiary/aromatic N) is 2. The van der Waals surface area contributed by atoms with Gasteiger partial charge in [-0.25, -0.2) is 12.7 Å². The predicted octanol–water partition coefficient (Wildman–Crippen LogP) is 4.63. The summed E-state index contributed by atoms with van der Waals surface area (Å²) < 4.78 is 28.7. The van der Waals surface area contributed by atoms with Gasteiger partial charge in [0.1, 0.15) is 0 Å². The second-order valence-corrected chi connectivity index (χ2v) is 11.4. The molecule has 168 valence electrons. The molecule has 0 aromatic heterocycles. The van der Waals surface area contributed by atoms with Crippen molar-refractivity contribution in [3.05, 3.63) is 59.7 Å². The first-order valence-corrected chi connectivity index (χ1v) is 13.3. The lowest BCUT2D eigenvalue weighted by atomic mass is 9.53. The van der Waals surface area contributed by atoms with Crippen molar-refractivity contribution in [2.45, 2.75) is 81.5 Å². The smallest absolute Gasteiger partial charge is 0.266 e. The summed E-state index contributed by atoms with van der Waals surface area (Å²) in [6.07, 6.45) is 4.96. The lowest BCUT2D eigenvalue weighted by Crippen LogP contribution is -2.58. The fourth-order valence-corrected chi connectivity index (χ4v) is 8.33. The number of sulfonamides is 1. The second kappa shape index (κ2) is 7.65. The molecule has 2 aliphatic heterocycles. The van der Waals surface area contributed by atoms with Crippen LogP contribution >= 0.6 is 0 Å². The average molecular weight is 450 g/mol. The number of benzene rings is 2. The van der Waals surface area contributed by atoms with Crippen molar-refractivity contribution in [1.82, 2.24) is 4.31 Å². The van der Waals surface area contributed by atoms with Crippen molar-refractivity contribution in [3.63, 3.8) is 0 Å². The van der Waals surface area contributed by atoms with Gasteiger partial charge in [-0.3, -0.25) is 4.79 Å². The van der Waals surface area contributed by atoms with Gasteiger partial charge in [-0.15, -0.1) is 0 Å². The quantitative estimate of drug-likeness (QED) is 0.624. The normalized spacial score (nSPS) is 26.7. The molecule has 0 radical (unpaired) electrons. The lowest BCUT2D eigenvalue weighted by Gasteiger charge is -2.46. The highest BCUT2D eigenvalue weighted by Crippen LogP contribution is 2.59. The van der Waals surface area contributed by atoms with Crippen LogP contribution in [0.25, 0.3) is 0 Å². The SMILES string of the molecule is CCB(CC)N1c2ccccc2[C@]23CC(=O)N(S(=O)(=O)c4ccc(C)cc4)[C@H]2CCC[C@H]13. The van der Waals surface area contributed by atoms with Crippen LogP contribution in [-0.4, -0.2) is 37.6 Å². The fourth-order valence-electron chi connectivity index (χ4n) is 6.67. The molecule has 1 amide bonds. The van der Waals surface area contributed by atoms with Gasteiger partial charge in [0, 0.05) is 23.6 Å². The van der Waals surface area contributed by atoms with Crippen LogP contribution in [0.1, 0.15) is 50.7 Å². The van der Waals surface area contributed by atoms with Gasteiger partial charge in [0.05, 0.1) is 10.9 Å². The van der Waals surface area contributed by atoms with Crippen molar-refractivity contribution >= 4 is 28.5 Å². The van der Waals surface area contributed by atoms with Gasteiger partial charge >= 0.3 is 0 Å². The molecule has 2 fully saturated rings. The molecule has 2 heterocycles. The van der Waals surface area contributed by atoms with Crippen molar-refractivity contribution < 1.29 is 13.2 Å². The Balaban J connectivity index is 1.66. The Morgan fingerprint density at radius 2 is 1.66 bits per heavy atom. The highest BCUT2D eigenvalue weighted by atomic mass is 32.2. The Bertz CT molecular complexity index is 1150. The van der Waals surface area contributed by atoms with E-state index < -0.39 is 15.4 Å². The number of para-hydroxylation sites is 1. The zero-order valence-electron chi connectivity index (χ0n) is 19.1. The molecule has 0 N–H and O–H groups in total. The Labute approximate surface area is 192 Å². The summed E-state index contributed by atoms with van der Waals surface area (Å²) in [6, 6.07) is 15.1. The van der Waals surface area contributed by atoms with E-state index >= 15 is 0 Å². The topological polar surface area (TPSA) is 57.7 Å². The summed E-state index contributed by atoms with van der Waals surface area (Å²) in [6.45, 7) is 6.75. The molecule has 1 aliphatic carbocycles. The van der Waals surface area contributed by atoms with Gasteiger partial charge in [0.15, 0.2) is 0 Å². The first-order chi connectivity index (χ1) is 15.4. The van der Waals surface area contributed by atoms with E-state index in [-0.39, 0.29) is 29.3 Å². The molecular formula is C25H31BN2O3S. The van der Waals surface area contributed by atoms with E-state index in [2.05, 4.69) is 36.9 Å². The summed E-state index contributed by atoms with van der Waals surface area (Å²) in [5.41, 5.74) is 2.89. The summed E-state index contributed by atoms with van der Waals surface area (Å²) in [4.78, 5) is 16.3. The van der Waals surface area contributed by atoms with Crippen LogP contribution in [0.5, 0.6) is 0 Å². The average Bonchev–Trinajstić information content (AvgIpc) is 3.25. The van der Waals surface area contributed by atoms with E-state index in [0.717, 1.165) is 43.0 Å². The highest BCUT2D eigenvalue weighted by molar-refractivity contribution is 7.89. The molecular weight excluding hydrogens is 419 g/mol. The van der Waals surface area contributed by atoms with Gasteiger partial charge in [0.25, 0.3) is 16.9 Å². The molecule has 7 heteroatoms. The zero-order chi connectivity index (χ0) is 22.7. The minimum absolute atomic E-state index is 0.158. The lowest BCUT2D eigenvalue weighted by molar-refractivity contribution is -0.124. The molecule has 32 heavy (non-hydrogen) atoms. The molecule has 1 saturated carbocycles. The number of rotatable bonds is 5. The van der Waals surface area contributed by atoms with Gasteiger partial charge in [0.2, 0.25) is 5.91 Å². The van der Waals surface area contributed by atoms with Gasteiger partial charge < -0.3 is 4.81 Å². The van der Waals surface area contributed by atoms with Gasteiger partial charge in [-0.1, -0.05) is 62.4 Å². The van der Waals surface area contributed by atoms with Crippen molar-refractivity contribution in [3.8, 4) is 0 Å². The number of aryl methyl sites for hydroxylation is 1. The summed E-state index contributed by atoms with van der Waals surface area (Å²) in [5.74, 6) is -0.260. The molecule has 5 rings (SSSR count). The monoisotopic (exact) mass is 450 g/mol. The van der Waals surface area contributed by atoms with Crippen LogP contribution in [0.3, 0.4) is 0 Å². The zero-order valence-corrected chi connectivity index (χ0v) is 19.9. The Morgan fingerprint density at radius 3 is 2.34 bits per heavy atom. The van der Waals surface area contributed by atoms with Crippen LogP contribution in [0, 0.1) is 6.92 Å². The number of amides is 1. The third kappa shape index (κ3) is 2.82. The third-order valence-electron chi connectivity index (χ3n) is 8.05. The Kier molecular flexibility index (Phi) is 5.16. The van der Waals surface area contributed by atoms with Crippen molar-refractivity contribution in [2.75, 3.05) is 4.81 Å². The molecule has 1 saturated heterocycles. The number of carbonyl (C=O) groups excluding carboxylic acids is 1. The molecule has 3 atom stereocenters. The maximum absolute atomic E-state index is 13.7. The van der Waals surface area contributed by atoms with E-state index in [9.17, 15) is 13.2 Å². The minimum Gasteiger partial charge on any atom is -0.411 e. The summed E-state index contributed by atoms with van der Waals surface area (Å²) in [7, 11) is -3.91. The number of anilines is 1. The highest BCUT2D eigenvalue weighted by Gasteiger charge is 2.66. The first kappa shape index (κ1) is 21.6. The van der Waals surface area contributed by atoms with E-state index in [1.807, 2.05) is 13.0 Å². The Morgan fingerprint density at radius 1 is 1.00 bits per heavy atom. The number of carbonyl (C=O) groups is 1. The molecule has 5 nitrogen and oxygen atoms in total. The molecule has 2 aromatic rings. The Hall–Kier alpha value is -2.28. The molecule has 0 bridgehead atoms. The number of hydrogen-bond donors (Lipinski definition) is 0. The number of hydrogen-bond acceptors (Lipinski definition) is 4. The largest absolute Gasteiger partial charge is 0.411 e. The van der Waals surface area contributed by atoms with E-state index in [1.54, 1.807) is 24.3 Å². The van der Waals surface area contributed by atoms with E-state index in [0.29, 0.717) is 6.85 Å². The molecule has 0 unspecified atom stereocenters. The van der Waals surface area contributed by atoms with Crippen LogP contribution in [-0.2, 0) is 20.2 Å². The van der Waals surface area contributed by atoms with Crippen LogP contribution in [0.15, 0.2) is 53.4 Å². The third-order valence-corrected chi connectivity index (χ3v) is 9.89. The van der Waals surface area contributed by atoms with E-state index in [4.69, 9.17) is 0 Å². The summed E-state index contributed by atoms with van der Waals surface area (Å²) >= 11 is 0. The maximum Gasteiger partial charge on any atom is 0.266 e. The van der Waals surface area contributed by atoms with E-state index in [1.165, 1.54) is 9.99 Å². The van der Waals surface area contributed by atoms with Crippen LogP contribution < -0.4 is 4.81 Å². The number of fused-ring (bicyclic) bond motifs is 1. The standard InChI is InChI=1S/C25H31BN2O3S/c1-4-26(5-2)27-21-10-7-6-9-20(21)25-17-24(29)28(23(25)12-8-11-22(25)27)32(30,31)19-15-13-18(3)14-16-19/h6-7,9-10,13-16,22-23H,4-5,8,11-12,17H2,1-3H3/t22-,23-,25-/m0/s1. The van der Waals surface area contributed by atoms with Crippen molar-refractivity contribution in [2.24, 2.45) is 0 Å². The fraction of sp³-hybridized carbons (Fsp3) is 0.480. The second-order valence-electron chi connectivity index (χ2n) is 9.58. The van der Waals surface area contributed by atoms with Crippen LogP contribution in [0.2, 0.25) is 12.6 Å². The molecule has 2 aromatic carbocycles. The minimum atomic E-state index is -3.91.